The van der Waals surface area contributed by atoms with E-state index >= 15 is 0 Å². The Bertz CT molecular complexity index is 1020. The minimum Gasteiger partial charge on any atom is -0.450 e. The molecular weight excluding hydrogens is 434 g/mol. The number of aromatic nitrogens is 1. The third-order valence-electron chi connectivity index (χ3n) is 3.62. The van der Waals surface area contributed by atoms with Crippen LogP contribution < -0.4 is 0 Å². The molecule has 0 radical (unpaired) electrons. The van der Waals surface area contributed by atoms with E-state index in [9.17, 15) is 4.79 Å². The van der Waals surface area contributed by atoms with E-state index < -0.39 is 0 Å². The molecule has 1 aliphatic heterocycles. The van der Waals surface area contributed by atoms with Gasteiger partial charge in [-0.15, -0.1) is 11.3 Å². The number of aliphatic imine (C=N–C) groups is 1. The molecule has 130 valence electrons. The number of benzene rings is 1. The fourth-order valence-electron chi connectivity index (χ4n) is 2.33. The minimum absolute atomic E-state index is 0.110. The summed E-state index contributed by atoms with van der Waals surface area (Å²) < 4.78 is 6.06. The Morgan fingerprint density at radius 3 is 2.77 bits per heavy atom. The number of amides is 1. The normalized spacial score (nSPS) is 17.6. The number of amidine groups is 1. The van der Waals surface area contributed by atoms with Crippen LogP contribution >= 0.6 is 39.0 Å². The Balaban J connectivity index is 1.59. The molecule has 8 heteroatoms. The van der Waals surface area contributed by atoms with Crippen molar-refractivity contribution in [3.63, 3.8) is 0 Å². The lowest BCUT2D eigenvalue weighted by atomic mass is 10.2. The van der Waals surface area contributed by atoms with E-state index in [-0.39, 0.29) is 5.91 Å². The molecule has 4 rings (SSSR count). The quantitative estimate of drug-likeness (QED) is 0.506. The topological polar surface area (TPSA) is 58.7 Å². The molecule has 1 saturated heterocycles. The number of nitrogens with zero attached hydrogens (tertiary/aromatic N) is 3. The maximum atomic E-state index is 12.4. The maximum Gasteiger partial charge on any atom is 0.266 e. The van der Waals surface area contributed by atoms with Crippen LogP contribution in [0.3, 0.4) is 0 Å². The molecule has 0 bridgehead atoms. The van der Waals surface area contributed by atoms with E-state index in [1.54, 1.807) is 25.3 Å². The molecule has 0 aliphatic carbocycles. The molecule has 1 amide bonds. The van der Waals surface area contributed by atoms with Crippen LogP contribution in [0.1, 0.15) is 5.76 Å². The fourth-order valence-corrected chi connectivity index (χ4v) is 4.35. The molecule has 1 aliphatic rings. The van der Waals surface area contributed by atoms with Crippen LogP contribution in [0, 0.1) is 0 Å². The fraction of sp³-hybridized carbons (Fsp3) is 0.0556. The van der Waals surface area contributed by atoms with Gasteiger partial charge in [0, 0.05) is 24.1 Å². The summed E-state index contributed by atoms with van der Waals surface area (Å²) in [5.74, 6) is 0.504. The number of likely N-dealkylation sites (N-methyl/N-ethyl adjacent to an activating group) is 1. The Labute approximate surface area is 166 Å². The molecule has 0 N–H and O–H groups in total. The number of rotatable bonds is 3. The summed E-state index contributed by atoms with van der Waals surface area (Å²) in [6.45, 7) is 0. The van der Waals surface area contributed by atoms with Crippen LogP contribution in [-0.4, -0.2) is 28.0 Å². The van der Waals surface area contributed by atoms with Gasteiger partial charge >= 0.3 is 0 Å². The lowest BCUT2D eigenvalue weighted by Crippen LogP contribution is -2.23. The van der Waals surface area contributed by atoms with Crippen molar-refractivity contribution in [2.75, 3.05) is 7.05 Å². The summed E-state index contributed by atoms with van der Waals surface area (Å²) in [6.07, 6.45) is 1.72. The predicted octanol–water partition coefficient (Wildman–Crippen LogP) is 5.40. The SMILES string of the molecule is CN1C(=O)/C(=C\c2ccc(Br)o2)S/C1=N/c1nc(-c2ccccc2)cs1. The highest BCUT2D eigenvalue weighted by Gasteiger charge is 2.31. The first kappa shape index (κ1) is 17.3. The van der Waals surface area contributed by atoms with Crippen molar-refractivity contribution in [1.82, 2.24) is 9.88 Å². The van der Waals surface area contributed by atoms with E-state index in [1.165, 1.54) is 28.0 Å². The molecule has 0 spiro atoms. The Morgan fingerprint density at radius 1 is 1.23 bits per heavy atom. The van der Waals surface area contributed by atoms with E-state index in [1.807, 2.05) is 35.7 Å². The van der Waals surface area contributed by atoms with Crippen molar-refractivity contribution in [2.45, 2.75) is 0 Å². The van der Waals surface area contributed by atoms with Gasteiger partial charge in [0.25, 0.3) is 5.91 Å². The van der Waals surface area contributed by atoms with Crippen molar-refractivity contribution in [2.24, 2.45) is 4.99 Å². The number of thioether (sulfide) groups is 1. The van der Waals surface area contributed by atoms with Crippen molar-refractivity contribution >= 4 is 61.3 Å². The number of hydrogen-bond donors (Lipinski definition) is 0. The Kier molecular flexibility index (Phi) is 4.80. The van der Waals surface area contributed by atoms with Crippen LogP contribution in [-0.2, 0) is 4.79 Å². The monoisotopic (exact) mass is 445 g/mol. The highest BCUT2D eigenvalue weighted by molar-refractivity contribution is 9.10. The van der Waals surface area contributed by atoms with Gasteiger partial charge in [-0.3, -0.25) is 9.69 Å². The van der Waals surface area contributed by atoms with Gasteiger partial charge < -0.3 is 4.42 Å². The van der Waals surface area contributed by atoms with Crippen LogP contribution in [0.5, 0.6) is 0 Å². The molecule has 2 aromatic heterocycles. The average molecular weight is 446 g/mol. The summed E-state index contributed by atoms with van der Waals surface area (Å²) >= 11 is 6.02. The van der Waals surface area contributed by atoms with Gasteiger partial charge in [0.2, 0.25) is 5.13 Å². The highest BCUT2D eigenvalue weighted by Crippen LogP contribution is 2.35. The zero-order valence-electron chi connectivity index (χ0n) is 13.5. The summed E-state index contributed by atoms with van der Waals surface area (Å²) in [6, 6.07) is 13.5. The number of furan rings is 1. The highest BCUT2D eigenvalue weighted by atomic mass is 79.9. The van der Waals surface area contributed by atoms with Crippen LogP contribution in [0.25, 0.3) is 17.3 Å². The van der Waals surface area contributed by atoms with E-state index in [2.05, 4.69) is 25.9 Å². The van der Waals surface area contributed by atoms with Crippen molar-refractivity contribution < 1.29 is 9.21 Å². The smallest absolute Gasteiger partial charge is 0.266 e. The third-order valence-corrected chi connectivity index (χ3v) is 5.84. The average Bonchev–Trinajstić information content (AvgIpc) is 3.34. The Hall–Kier alpha value is -2.16. The maximum absolute atomic E-state index is 12.4. The number of halogens is 1. The second-order valence-electron chi connectivity index (χ2n) is 5.39. The second-order valence-corrected chi connectivity index (χ2v) is 8.02. The van der Waals surface area contributed by atoms with Crippen molar-refractivity contribution in [3.8, 4) is 11.3 Å². The first-order valence-corrected chi connectivity index (χ1v) is 10.1. The third kappa shape index (κ3) is 3.53. The van der Waals surface area contributed by atoms with Crippen LogP contribution in [0.4, 0.5) is 5.13 Å². The molecule has 0 unspecified atom stereocenters. The van der Waals surface area contributed by atoms with E-state index in [4.69, 9.17) is 4.42 Å². The predicted molar refractivity (Wildman–Crippen MR) is 109 cm³/mol. The van der Waals surface area contributed by atoms with Gasteiger partial charge in [0.1, 0.15) is 5.76 Å². The number of carbonyl (C=O) groups is 1. The first-order valence-electron chi connectivity index (χ1n) is 7.63. The van der Waals surface area contributed by atoms with Crippen LogP contribution in [0.15, 0.2) is 66.8 Å². The van der Waals surface area contributed by atoms with E-state index in [0.29, 0.717) is 25.6 Å². The molecule has 3 heterocycles. The van der Waals surface area contributed by atoms with Gasteiger partial charge in [-0.05, 0) is 39.8 Å². The van der Waals surface area contributed by atoms with Gasteiger partial charge in [0.05, 0.1) is 10.6 Å². The molecule has 0 atom stereocenters. The molecule has 0 saturated carbocycles. The summed E-state index contributed by atoms with van der Waals surface area (Å²) in [5.41, 5.74) is 1.92. The molecule has 1 aromatic carbocycles. The van der Waals surface area contributed by atoms with E-state index in [0.717, 1.165) is 11.3 Å². The summed E-state index contributed by atoms with van der Waals surface area (Å²) in [4.78, 5) is 23.6. The first-order chi connectivity index (χ1) is 12.6. The Morgan fingerprint density at radius 2 is 2.04 bits per heavy atom. The van der Waals surface area contributed by atoms with Gasteiger partial charge in [-0.25, -0.2) is 4.98 Å². The number of hydrogen-bond acceptors (Lipinski definition) is 6. The van der Waals surface area contributed by atoms with Gasteiger partial charge in [-0.2, -0.15) is 4.99 Å². The van der Waals surface area contributed by atoms with Gasteiger partial charge in [-0.1, -0.05) is 30.3 Å². The number of carbonyl (C=O) groups excluding carboxylic acids is 1. The zero-order valence-corrected chi connectivity index (χ0v) is 16.8. The summed E-state index contributed by atoms with van der Waals surface area (Å²) in [5, 5.41) is 3.18. The van der Waals surface area contributed by atoms with Crippen LogP contribution in [0.2, 0.25) is 0 Å². The van der Waals surface area contributed by atoms with Crippen molar-refractivity contribution in [1.29, 1.82) is 0 Å². The summed E-state index contributed by atoms with van der Waals surface area (Å²) in [7, 11) is 1.71. The molecular formula is C18H12BrN3O2S2. The minimum atomic E-state index is -0.110. The lowest BCUT2D eigenvalue weighted by molar-refractivity contribution is -0.121. The lowest BCUT2D eigenvalue weighted by Gasteiger charge is -2.05. The molecule has 5 nitrogen and oxygen atoms in total. The largest absolute Gasteiger partial charge is 0.450 e. The standard InChI is InChI=1S/C18H12BrN3O2S2/c1-22-16(23)14(9-12-7-8-15(19)24-12)26-18(22)21-17-20-13(10-25-17)11-5-3-2-4-6-11/h2-10H,1H3/b14-9+,21-18+. The molecule has 26 heavy (non-hydrogen) atoms. The molecule has 1 fully saturated rings. The zero-order chi connectivity index (χ0) is 18.1. The number of thiazole rings is 1. The second kappa shape index (κ2) is 7.22. The van der Waals surface area contributed by atoms with Crippen molar-refractivity contribution in [3.05, 3.63) is 63.2 Å². The van der Waals surface area contributed by atoms with Gasteiger partial charge in [0.15, 0.2) is 9.84 Å². The molecule has 3 aromatic rings.